The van der Waals surface area contributed by atoms with Gasteiger partial charge in [0, 0.05) is 33.3 Å². The van der Waals surface area contributed by atoms with Crippen LogP contribution in [0.2, 0.25) is 0 Å². The summed E-state index contributed by atoms with van der Waals surface area (Å²) in [7, 11) is 1.86. The van der Waals surface area contributed by atoms with E-state index in [-0.39, 0.29) is 17.2 Å². The molecule has 0 radical (unpaired) electrons. The Bertz CT molecular complexity index is 359. The summed E-state index contributed by atoms with van der Waals surface area (Å²) < 4.78 is 5.22. The number of carbonyl (C=O) groups is 2. The Kier molecular flexibility index (Phi) is 4.45. The van der Waals surface area contributed by atoms with Crippen LogP contribution >= 0.6 is 0 Å². The Labute approximate surface area is 114 Å². The van der Waals surface area contributed by atoms with Crippen molar-refractivity contribution in [3.63, 3.8) is 0 Å². The van der Waals surface area contributed by atoms with E-state index in [9.17, 15) is 9.59 Å². The number of amides is 2. The van der Waals surface area contributed by atoms with Gasteiger partial charge in [-0.05, 0) is 26.2 Å². The summed E-state index contributed by atoms with van der Waals surface area (Å²) in [6.45, 7) is 5.20. The monoisotopic (exact) mass is 268 g/mol. The maximum Gasteiger partial charge on any atom is 0.230 e. The summed E-state index contributed by atoms with van der Waals surface area (Å²) in [4.78, 5) is 28.1. The number of hydrogen-bond donors (Lipinski definition) is 0. The molecular formula is C14H24N2O3. The molecule has 0 aromatic rings. The van der Waals surface area contributed by atoms with Crippen LogP contribution in [0, 0.1) is 5.41 Å². The van der Waals surface area contributed by atoms with Gasteiger partial charge in [0.1, 0.15) is 0 Å². The zero-order valence-corrected chi connectivity index (χ0v) is 12.0. The highest BCUT2D eigenvalue weighted by Crippen LogP contribution is 2.39. The summed E-state index contributed by atoms with van der Waals surface area (Å²) in [6, 6.07) is 0. The molecule has 5 heteroatoms. The molecule has 108 valence electrons. The third-order valence-corrected chi connectivity index (χ3v) is 4.32. The number of ether oxygens (including phenoxy) is 1. The molecule has 1 atom stereocenters. The third-order valence-electron chi connectivity index (χ3n) is 4.32. The van der Waals surface area contributed by atoms with Crippen molar-refractivity contribution in [1.29, 1.82) is 0 Å². The zero-order chi connectivity index (χ0) is 13.9. The van der Waals surface area contributed by atoms with E-state index in [0.29, 0.717) is 32.7 Å². The van der Waals surface area contributed by atoms with Gasteiger partial charge in [0.15, 0.2) is 0 Å². The second-order valence-corrected chi connectivity index (χ2v) is 5.62. The van der Waals surface area contributed by atoms with Gasteiger partial charge in [-0.15, -0.1) is 0 Å². The summed E-state index contributed by atoms with van der Waals surface area (Å²) in [5, 5.41) is 0. The maximum atomic E-state index is 12.3. The molecule has 0 aliphatic carbocycles. The van der Waals surface area contributed by atoms with E-state index in [0.717, 1.165) is 25.8 Å². The maximum absolute atomic E-state index is 12.3. The summed E-state index contributed by atoms with van der Waals surface area (Å²) >= 11 is 0. The molecule has 2 saturated heterocycles. The lowest BCUT2D eigenvalue weighted by Gasteiger charge is -2.37. The second kappa shape index (κ2) is 5.90. The molecule has 0 N–H and O–H groups in total. The zero-order valence-electron chi connectivity index (χ0n) is 12.0. The van der Waals surface area contributed by atoms with E-state index in [2.05, 4.69) is 0 Å². The predicted molar refractivity (Wildman–Crippen MR) is 71.6 cm³/mol. The summed E-state index contributed by atoms with van der Waals surface area (Å²) in [6.07, 6.45) is 3.21. The van der Waals surface area contributed by atoms with E-state index < -0.39 is 0 Å². The number of rotatable bonds is 4. The molecule has 1 spiro atoms. The molecule has 2 aliphatic heterocycles. The first-order valence-corrected chi connectivity index (χ1v) is 7.20. The van der Waals surface area contributed by atoms with E-state index in [1.54, 1.807) is 0 Å². The highest BCUT2D eigenvalue weighted by atomic mass is 16.5. The van der Waals surface area contributed by atoms with E-state index in [1.807, 2.05) is 23.8 Å². The van der Waals surface area contributed by atoms with Crippen molar-refractivity contribution in [3.05, 3.63) is 0 Å². The molecule has 5 nitrogen and oxygen atoms in total. The van der Waals surface area contributed by atoms with Crippen LogP contribution in [0.3, 0.4) is 0 Å². The molecule has 2 rings (SSSR count). The van der Waals surface area contributed by atoms with E-state index in [1.165, 1.54) is 0 Å². The Morgan fingerprint density at radius 1 is 1.37 bits per heavy atom. The first-order valence-electron chi connectivity index (χ1n) is 7.20. The largest absolute Gasteiger partial charge is 0.381 e. The molecule has 2 fully saturated rings. The van der Waals surface area contributed by atoms with Crippen molar-refractivity contribution >= 4 is 11.8 Å². The van der Waals surface area contributed by atoms with Gasteiger partial charge < -0.3 is 14.5 Å². The molecule has 0 unspecified atom stereocenters. The van der Waals surface area contributed by atoms with Crippen molar-refractivity contribution in [2.45, 2.75) is 32.6 Å². The fourth-order valence-corrected chi connectivity index (χ4v) is 3.19. The quantitative estimate of drug-likeness (QED) is 0.711. The minimum atomic E-state index is -0.297. The Balaban J connectivity index is 1.91. The Morgan fingerprint density at radius 3 is 2.89 bits per heavy atom. The third kappa shape index (κ3) is 2.91. The fourth-order valence-electron chi connectivity index (χ4n) is 3.19. The van der Waals surface area contributed by atoms with Gasteiger partial charge in [0.25, 0.3) is 0 Å². The molecular weight excluding hydrogens is 244 g/mol. The van der Waals surface area contributed by atoms with E-state index >= 15 is 0 Å². The average molecular weight is 268 g/mol. The fraction of sp³-hybridized carbons (Fsp3) is 0.857. The van der Waals surface area contributed by atoms with Crippen LogP contribution in [0.1, 0.15) is 32.6 Å². The van der Waals surface area contributed by atoms with Gasteiger partial charge in [-0.25, -0.2) is 0 Å². The number of hydrogen-bond acceptors (Lipinski definition) is 3. The Morgan fingerprint density at radius 2 is 2.16 bits per heavy atom. The smallest absolute Gasteiger partial charge is 0.230 e. The standard InChI is InChI=1S/C14H24N2O3/c1-3-19-10-5-12(17)16-9-7-14(11-16)6-4-8-15(2)13(14)18/h3-11H2,1-2H3/t14-/m0/s1. The minimum Gasteiger partial charge on any atom is -0.381 e. The van der Waals surface area contributed by atoms with Crippen molar-refractivity contribution in [3.8, 4) is 0 Å². The van der Waals surface area contributed by atoms with Crippen LogP contribution in [0.5, 0.6) is 0 Å². The first-order chi connectivity index (χ1) is 9.09. The molecule has 2 aliphatic rings. The number of nitrogens with zero attached hydrogens (tertiary/aromatic N) is 2. The lowest BCUT2D eigenvalue weighted by molar-refractivity contribution is -0.144. The molecule has 0 aromatic carbocycles. The normalized spacial score (nSPS) is 27.4. The highest BCUT2D eigenvalue weighted by Gasteiger charge is 2.48. The lowest BCUT2D eigenvalue weighted by Crippen LogP contribution is -2.48. The van der Waals surface area contributed by atoms with Crippen LogP contribution in [-0.4, -0.2) is 61.5 Å². The number of carbonyl (C=O) groups excluding carboxylic acids is 2. The van der Waals surface area contributed by atoms with Crippen molar-refractivity contribution in [2.75, 3.05) is 39.9 Å². The molecule has 2 heterocycles. The van der Waals surface area contributed by atoms with E-state index in [4.69, 9.17) is 4.74 Å². The van der Waals surface area contributed by atoms with Gasteiger partial charge in [0.05, 0.1) is 18.4 Å². The van der Waals surface area contributed by atoms with Gasteiger partial charge in [-0.2, -0.15) is 0 Å². The van der Waals surface area contributed by atoms with Crippen LogP contribution in [-0.2, 0) is 14.3 Å². The predicted octanol–water partition coefficient (Wildman–Crippen LogP) is 0.884. The molecule has 0 bridgehead atoms. The summed E-state index contributed by atoms with van der Waals surface area (Å²) in [5.74, 6) is 0.338. The number of piperidine rings is 1. The van der Waals surface area contributed by atoms with Gasteiger partial charge in [0.2, 0.25) is 11.8 Å². The lowest BCUT2D eigenvalue weighted by atomic mass is 9.78. The van der Waals surface area contributed by atoms with Crippen molar-refractivity contribution < 1.29 is 14.3 Å². The first kappa shape index (κ1) is 14.3. The van der Waals surface area contributed by atoms with Crippen molar-refractivity contribution in [1.82, 2.24) is 9.80 Å². The van der Waals surface area contributed by atoms with Gasteiger partial charge in [-0.1, -0.05) is 0 Å². The van der Waals surface area contributed by atoms with Crippen LogP contribution in [0.25, 0.3) is 0 Å². The van der Waals surface area contributed by atoms with Crippen LogP contribution < -0.4 is 0 Å². The molecule has 0 aromatic heterocycles. The summed E-state index contributed by atoms with van der Waals surface area (Å²) in [5.41, 5.74) is -0.297. The van der Waals surface area contributed by atoms with Crippen LogP contribution in [0.4, 0.5) is 0 Å². The van der Waals surface area contributed by atoms with Crippen LogP contribution in [0.15, 0.2) is 0 Å². The molecule has 2 amide bonds. The second-order valence-electron chi connectivity index (χ2n) is 5.62. The molecule has 0 saturated carbocycles. The number of likely N-dealkylation sites (tertiary alicyclic amines) is 2. The average Bonchev–Trinajstić information content (AvgIpc) is 2.82. The Hall–Kier alpha value is -1.10. The van der Waals surface area contributed by atoms with Gasteiger partial charge >= 0.3 is 0 Å². The SMILES string of the molecule is CCOCCC(=O)N1CC[C@@]2(CCCN(C)C2=O)C1. The van der Waals surface area contributed by atoms with Crippen molar-refractivity contribution in [2.24, 2.45) is 5.41 Å². The highest BCUT2D eigenvalue weighted by molar-refractivity contribution is 5.85. The van der Waals surface area contributed by atoms with Gasteiger partial charge in [-0.3, -0.25) is 9.59 Å². The molecule has 19 heavy (non-hydrogen) atoms. The minimum absolute atomic E-state index is 0.117. The topological polar surface area (TPSA) is 49.9 Å².